The number of ether oxygens (including phenoxy) is 1. The molecule has 4 aromatic rings. The molecule has 208 valence electrons. The molecule has 4 rings (SSSR count). The smallest absolute Gasteiger partial charge is 0.328 e. The summed E-state index contributed by atoms with van der Waals surface area (Å²) in [5, 5.41) is 3.94. The van der Waals surface area contributed by atoms with Crippen molar-refractivity contribution in [2.45, 2.75) is 43.3 Å². The molecule has 4 aromatic carbocycles. The molecule has 0 radical (unpaired) electrons. The summed E-state index contributed by atoms with van der Waals surface area (Å²) in [7, 11) is -4.07. The first kappa shape index (κ1) is 29.5. The SMILES string of the molecule is CCOC(=O)[C@](Cc1ccccc1)(NCc1ccccc1)[C@@H](NS(=O)(=O)c1ccc(C)cc1)c1ccc(Cl)cc1. The maximum atomic E-state index is 14.1. The Morgan fingerprint density at radius 3 is 2.00 bits per heavy atom. The van der Waals surface area contributed by atoms with Crippen LogP contribution in [0.4, 0.5) is 0 Å². The molecule has 0 unspecified atom stereocenters. The van der Waals surface area contributed by atoms with Gasteiger partial charge in [0.15, 0.2) is 0 Å². The molecule has 0 amide bonds. The molecule has 0 fully saturated rings. The van der Waals surface area contributed by atoms with Crippen molar-refractivity contribution in [1.82, 2.24) is 10.0 Å². The monoisotopic (exact) mass is 576 g/mol. The Bertz CT molecular complexity index is 1500. The van der Waals surface area contributed by atoms with Gasteiger partial charge in [0.1, 0.15) is 5.54 Å². The van der Waals surface area contributed by atoms with E-state index in [1.165, 1.54) is 0 Å². The van der Waals surface area contributed by atoms with E-state index in [0.717, 1.165) is 16.7 Å². The van der Waals surface area contributed by atoms with Crippen LogP contribution in [0.5, 0.6) is 0 Å². The van der Waals surface area contributed by atoms with Gasteiger partial charge in [-0.25, -0.2) is 17.9 Å². The number of aryl methyl sites for hydroxylation is 1. The lowest BCUT2D eigenvalue weighted by Gasteiger charge is -2.40. The zero-order valence-corrected chi connectivity index (χ0v) is 24.1. The summed E-state index contributed by atoms with van der Waals surface area (Å²) in [6.07, 6.45) is 0.156. The minimum Gasteiger partial charge on any atom is -0.465 e. The van der Waals surface area contributed by atoms with Gasteiger partial charge in [-0.3, -0.25) is 5.32 Å². The van der Waals surface area contributed by atoms with Gasteiger partial charge in [-0.05, 0) is 54.8 Å². The Labute approximate surface area is 241 Å². The van der Waals surface area contributed by atoms with Crippen molar-refractivity contribution in [3.05, 3.63) is 136 Å². The van der Waals surface area contributed by atoms with Gasteiger partial charge >= 0.3 is 5.97 Å². The second-order valence-corrected chi connectivity index (χ2v) is 11.8. The fraction of sp³-hybridized carbons (Fsp3) is 0.219. The van der Waals surface area contributed by atoms with Crippen molar-refractivity contribution in [2.24, 2.45) is 0 Å². The molecular weight excluding hydrogens is 544 g/mol. The Hall–Kier alpha value is -3.49. The minimum absolute atomic E-state index is 0.0950. The van der Waals surface area contributed by atoms with Crippen LogP contribution in [-0.2, 0) is 32.5 Å². The number of carbonyl (C=O) groups is 1. The second kappa shape index (κ2) is 13.2. The minimum atomic E-state index is -4.07. The lowest BCUT2D eigenvalue weighted by molar-refractivity contribution is -0.152. The topological polar surface area (TPSA) is 84.5 Å². The Morgan fingerprint density at radius 2 is 1.43 bits per heavy atom. The lowest BCUT2D eigenvalue weighted by atomic mass is 9.80. The highest BCUT2D eigenvalue weighted by atomic mass is 35.5. The maximum Gasteiger partial charge on any atom is 0.328 e. The summed E-state index contributed by atoms with van der Waals surface area (Å²) in [5.41, 5.74) is 1.73. The Kier molecular flexibility index (Phi) is 9.76. The highest BCUT2D eigenvalue weighted by molar-refractivity contribution is 7.89. The van der Waals surface area contributed by atoms with E-state index in [9.17, 15) is 13.2 Å². The zero-order valence-electron chi connectivity index (χ0n) is 22.5. The van der Waals surface area contributed by atoms with Crippen LogP contribution < -0.4 is 10.0 Å². The molecule has 0 aromatic heterocycles. The van der Waals surface area contributed by atoms with Crippen molar-refractivity contribution >= 4 is 27.6 Å². The number of rotatable bonds is 12. The van der Waals surface area contributed by atoms with Crippen LogP contribution >= 0.6 is 11.6 Å². The van der Waals surface area contributed by atoms with Crippen molar-refractivity contribution in [2.75, 3.05) is 6.61 Å². The van der Waals surface area contributed by atoms with Gasteiger partial charge in [-0.15, -0.1) is 0 Å². The van der Waals surface area contributed by atoms with Gasteiger partial charge < -0.3 is 4.74 Å². The molecule has 0 aliphatic heterocycles. The van der Waals surface area contributed by atoms with Gasteiger partial charge in [0.2, 0.25) is 10.0 Å². The Morgan fingerprint density at radius 1 is 0.850 bits per heavy atom. The third kappa shape index (κ3) is 7.17. The fourth-order valence-corrected chi connectivity index (χ4v) is 6.02. The van der Waals surface area contributed by atoms with E-state index in [1.807, 2.05) is 67.6 Å². The average molecular weight is 577 g/mol. The lowest BCUT2D eigenvalue weighted by Crippen LogP contribution is -2.62. The number of benzene rings is 4. The van der Waals surface area contributed by atoms with Crippen LogP contribution in [0.2, 0.25) is 5.02 Å². The van der Waals surface area contributed by atoms with Crippen LogP contribution in [0.25, 0.3) is 0 Å². The van der Waals surface area contributed by atoms with Crippen molar-refractivity contribution in [1.29, 1.82) is 0 Å². The summed E-state index contributed by atoms with van der Waals surface area (Å²) in [4.78, 5) is 14.2. The molecule has 0 aliphatic carbocycles. The number of hydrogen-bond donors (Lipinski definition) is 2. The van der Waals surface area contributed by atoms with E-state index in [1.54, 1.807) is 55.5 Å². The van der Waals surface area contributed by atoms with E-state index in [0.29, 0.717) is 17.1 Å². The maximum absolute atomic E-state index is 14.1. The number of esters is 1. The van der Waals surface area contributed by atoms with E-state index in [4.69, 9.17) is 16.3 Å². The summed E-state index contributed by atoms with van der Waals surface area (Å²) in [5.74, 6) is -0.568. The summed E-state index contributed by atoms with van der Waals surface area (Å²) >= 11 is 6.21. The van der Waals surface area contributed by atoms with E-state index in [-0.39, 0.29) is 17.9 Å². The van der Waals surface area contributed by atoms with Crippen LogP contribution in [0.15, 0.2) is 114 Å². The highest BCUT2D eigenvalue weighted by Crippen LogP contribution is 2.34. The Balaban J connectivity index is 1.90. The van der Waals surface area contributed by atoms with Gasteiger partial charge in [0, 0.05) is 18.0 Å². The first-order valence-electron chi connectivity index (χ1n) is 13.1. The van der Waals surface area contributed by atoms with Crippen LogP contribution in [0, 0.1) is 6.92 Å². The largest absolute Gasteiger partial charge is 0.465 e. The molecule has 6 nitrogen and oxygen atoms in total. The third-order valence-corrected chi connectivity index (χ3v) is 8.41. The second-order valence-electron chi connectivity index (χ2n) is 9.61. The first-order chi connectivity index (χ1) is 19.2. The van der Waals surface area contributed by atoms with Crippen LogP contribution in [0.3, 0.4) is 0 Å². The quantitative estimate of drug-likeness (QED) is 0.202. The number of sulfonamides is 1. The van der Waals surface area contributed by atoms with Crippen LogP contribution in [-0.4, -0.2) is 26.5 Å². The molecule has 8 heteroatoms. The molecular formula is C32H33ClN2O4S. The molecule has 0 bridgehead atoms. The molecule has 2 N–H and O–H groups in total. The third-order valence-electron chi connectivity index (χ3n) is 6.72. The molecule has 2 atom stereocenters. The fourth-order valence-electron chi connectivity index (χ4n) is 4.61. The summed E-state index contributed by atoms with van der Waals surface area (Å²) in [6, 6.07) is 31.5. The zero-order chi connectivity index (χ0) is 28.6. The van der Waals surface area contributed by atoms with E-state index in [2.05, 4.69) is 10.0 Å². The summed E-state index contributed by atoms with van der Waals surface area (Å²) in [6.45, 7) is 4.04. The normalized spacial score (nSPS) is 13.8. The predicted molar refractivity (Wildman–Crippen MR) is 158 cm³/mol. The molecule has 0 spiro atoms. The van der Waals surface area contributed by atoms with E-state index < -0.39 is 27.6 Å². The number of hydrogen-bond acceptors (Lipinski definition) is 5. The number of carbonyl (C=O) groups excluding carboxylic acids is 1. The van der Waals surface area contributed by atoms with Crippen LogP contribution in [0.1, 0.15) is 35.2 Å². The van der Waals surface area contributed by atoms with Gasteiger partial charge in [0.05, 0.1) is 17.5 Å². The van der Waals surface area contributed by atoms with Crippen molar-refractivity contribution in [3.63, 3.8) is 0 Å². The molecule has 0 aliphatic rings. The van der Waals surface area contributed by atoms with Gasteiger partial charge in [-0.2, -0.15) is 0 Å². The first-order valence-corrected chi connectivity index (χ1v) is 14.9. The molecule has 0 saturated carbocycles. The highest BCUT2D eigenvalue weighted by Gasteiger charge is 2.49. The van der Waals surface area contributed by atoms with Crippen molar-refractivity contribution < 1.29 is 17.9 Å². The number of halogens is 1. The molecule has 0 saturated heterocycles. The summed E-state index contributed by atoms with van der Waals surface area (Å²) < 4.78 is 36.2. The van der Waals surface area contributed by atoms with Gasteiger partial charge in [0.25, 0.3) is 0 Å². The number of nitrogens with one attached hydrogen (secondary N) is 2. The molecule has 40 heavy (non-hydrogen) atoms. The standard InChI is InChI=1S/C32H33ClN2O4S/c1-3-39-31(36)32(22-25-10-6-4-7-11-25,34-23-26-12-8-5-9-13-26)30(27-16-18-28(33)19-17-27)35-40(37,38)29-20-14-24(2)15-21-29/h4-21,30,34-35H,3,22-23H2,1-2H3/t30-,32+/m0/s1. The van der Waals surface area contributed by atoms with Gasteiger partial charge in [-0.1, -0.05) is 102 Å². The average Bonchev–Trinajstić information content (AvgIpc) is 2.96. The predicted octanol–water partition coefficient (Wildman–Crippen LogP) is 6.00. The molecule has 0 heterocycles. The van der Waals surface area contributed by atoms with Crippen molar-refractivity contribution in [3.8, 4) is 0 Å². The van der Waals surface area contributed by atoms with E-state index >= 15 is 0 Å².